The number of amides is 2. The number of piperidine rings is 1. The smallest absolute Gasteiger partial charge is 0.244 e. The van der Waals surface area contributed by atoms with Gasteiger partial charge in [0, 0.05) is 55.9 Å². The zero-order valence-electron chi connectivity index (χ0n) is 20.0. The molecule has 2 heterocycles. The third-order valence-corrected chi connectivity index (χ3v) is 6.66. The van der Waals surface area contributed by atoms with E-state index in [1.807, 2.05) is 54.4 Å². The van der Waals surface area contributed by atoms with E-state index in [9.17, 15) is 9.59 Å². The van der Waals surface area contributed by atoms with Gasteiger partial charge in [0.25, 0.3) is 0 Å². The molecule has 1 fully saturated rings. The van der Waals surface area contributed by atoms with Crippen molar-refractivity contribution >= 4 is 23.4 Å². The predicted octanol–water partition coefficient (Wildman–Crippen LogP) is 4.27. The van der Waals surface area contributed by atoms with Gasteiger partial charge >= 0.3 is 0 Å². The number of carbonyl (C=O) groups is 2. The zero-order chi connectivity index (χ0) is 24.7. The second-order valence-electron chi connectivity index (χ2n) is 9.28. The van der Waals surface area contributed by atoms with Crippen LogP contribution in [0.2, 0.25) is 5.02 Å². The van der Waals surface area contributed by atoms with Crippen molar-refractivity contribution in [1.82, 2.24) is 19.6 Å². The van der Waals surface area contributed by atoms with Gasteiger partial charge in [0.1, 0.15) is 12.3 Å². The molecule has 0 radical (unpaired) electrons. The van der Waals surface area contributed by atoms with Gasteiger partial charge in [-0.3, -0.25) is 14.3 Å². The normalized spacial score (nSPS) is 17.7. The summed E-state index contributed by atoms with van der Waals surface area (Å²) in [5.74, 6) is 0.678. The molecular formula is C27H31ClN4O3. The monoisotopic (exact) mass is 494 g/mol. The maximum atomic E-state index is 13.4. The fourth-order valence-corrected chi connectivity index (χ4v) is 4.74. The van der Waals surface area contributed by atoms with Crippen molar-refractivity contribution in [2.75, 3.05) is 26.7 Å². The lowest BCUT2D eigenvalue weighted by molar-refractivity contribution is -0.141. The highest BCUT2D eigenvalue weighted by Crippen LogP contribution is 2.35. The van der Waals surface area contributed by atoms with E-state index in [1.165, 1.54) is 0 Å². The summed E-state index contributed by atoms with van der Waals surface area (Å²) in [7, 11) is 1.82. The van der Waals surface area contributed by atoms with Crippen molar-refractivity contribution in [2.45, 2.75) is 32.4 Å². The lowest BCUT2D eigenvalue weighted by atomic mass is 9.77. The van der Waals surface area contributed by atoms with Crippen LogP contribution in [0.15, 0.2) is 73.1 Å². The van der Waals surface area contributed by atoms with Crippen LogP contribution in [0.4, 0.5) is 0 Å². The van der Waals surface area contributed by atoms with Crippen LogP contribution >= 0.6 is 11.6 Å². The Labute approximate surface area is 211 Å². The van der Waals surface area contributed by atoms with Crippen LogP contribution in [0.25, 0.3) is 0 Å². The highest BCUT2D eigenvalue weighted by molar-refractivity contribution is 6.30. The van der Waals surface area contributed by atoms with E-state index in [0.29, 0.717) is 43.4 Å². The molecule has 0 unspecified atom stereocenters. The van der Waals surface area contributed by atoms with Gasteiger partial charge in [-0.1, -0.05) is 48.0 Å². The van der Waals surface area contributed by atoms with E-state index in [0.717, 1.165) is 18.4 Å². The highest BCUT2D eigenvalue weighted by Gasteiger charge is 2.40. The van der Waals surface area contributed by atoms with Gasteiger partial charge < -0.3 is 14.5 Å². The molecule has 1 saturated heterocycles. The van der Waals surface area contributed by atoms with Crippen LogP contribution in [0, 0.1) is 5.41 Å². The summed E-state index contributed by atoms with van der Waals surface area (Å²) in [4.78, 5) is 30.0. The summed E-state index contributed by atoms with van der Waals surface area (Å²) in [6.07, 6.45) is 5.33. The summed E-state index contributed by atoms with van der Waals surface area (Å²) >= 11 is 6.13. The zero-order valence-corrected chi connectivity index (χ0v) is 20.7. The number of hydrogen-bond donors (Lipinski definition) is 0. The Hall–Kier alpha value is -3.32. The summed E-state index contributed by atoms with van der Waals surface area (Å²) in [6, 6.07) is 19.0. The van der Waals surface area contributed by atoms with Crippen molar-refractivity contribution in [3.05, 3.63) is 83.6 Å². The first kappa shape index (κ1) is 24.8. The largest absolute Gasteiger partial charge is 0.493 e. The SMILES string of the molecule is CN(Cc1ccccc1)C(=O)C[C@@]1(COc2cccc(Cl)c2)CCCN(C(=O)Cn2cccn2)C1. The van der Waals surface area contributed by atoms with Crippen LogP contribution in [-0.4, -0.2) is 58.1 Å². The lowest BCUT2D eigenvalue weighted by Crippen LogP contribution is -2.51. The van der Waals surface area contributed by atoms with Crippen molar-refractivity contribution in [3.63, 3.8) is 0 Å². The molecular weight excluding hydrogens is 464 g/mol. The molecule has 8 heteroatoms. The topological polar surface area (TPSA) is 67.7 Å². The minimum absolute atomic E-state index is 0.00869. The maximum Gasteiger partial charge on any atom is 0.244 e. The molecule has 1 atom stereocenters. The van der Waals surface area contributed by atoms with Crippen LogP contribution in [0.3, 0.4) is 0 Å². The lowest BCUT2D eigenvalue weighted by Gasteiger charge is -2.43. The number of nitrogens with zero attached hydrogens (tertiary/aromatic N) is 4. The van der Waals surface area contributed by atoms with Crippen molar-refractivity contribution < 1.29 is 14.3 Å². The number of hydrogen-bond acceptors (Lipinski definition) is 4. The number of halogens is 1. The number of rotatable bonds is 9. The Morgan fingerprint density at radius 1 is 1.14 bits per heavy atom. The van der Waals surface area contributed by atoms with Gasteiger partial charge in [-0.15, -0.1) is 0 Å². The van der Waals surface area contributed by atoms with Crippen molar-refractivity contribution in [2.24, 2.45) is 5.41 Å². The van der Waals surface area contributed by atoms with Crippen LogP contribution < -0.4 is 4.74 Å². The quantitative estimate of drug-likeness (QED) is 0.445. The number of ether oxygens (including phenoxy) is 1. The third-order valence-electron chi connectivity index (χ3n) is 6.43. The van der Waals surface area contributed by atoms with E-state index in [2.05, 4.69) is 5.10 Å². The van der Waals surface area contributed by atoms with E-state index in [4.69, 9.17) is 16.3 Å². The Morgan fingerprint density at radius 2 is 1.97 bits per heavy atom. The maximum absolute atomic E-state index is 13.4. The molecule has 2 aromatic carbocycles. The number of carbonyl (C=O) groups excluding carboxylic acids is 2. The molecule has 1 aromatic heterocycles. The third kappa shape index (κ3) is 6.85. The standard InChI is InChI=1S/C27H31ClN4O3/c1-30(18-22-8-3-2-4-9-22)25(33)17-27(21-35-24-11-5-10-23(28)16-24)12-6-14-31(20-27)26(34)19-32-15-7-13-29-32/h2-5,7-11,13,15-16H,6,12,14,17-21H2,1H3/t27-/m0/s1. The van der Waals surface area contributed by atoms with E-state index in [1.54, 1.807) is 40.2 Å². The molecule has 35 heavy (non-hydrogen) atoms. The second kappa shape index (κ2) is 11.4. The molecule has 0 bridgehead atoms. The number of benzene rings is 2. The average Bonchev–Trinajstić information content (AvgIpc) is 3.37. The summed E-state index contributed by atoms with van der Waals surface area (Å²) in [5.41, 5.74) is 0.579. The molecule has 1 aliphatic heterocycles. The van der Waals surface area contributed by atoms with E-state index in [-0.39, 0.29) is 18.4 Å². The van der Waals surface area contributed by atoms with E-state index < -0.39 is 5.41 Å². The fourth-order valence-electron chi connectivity index (χ4n) is 4.56. The van der Waals surface area contributed by atoms with Crippen molar-refractivity contribution in [3.8, 4) is 5.75 Å². The Balaban J connectivity index is 1.49. The summed E-state index contributed by atoms with van der Waals surface area (Å²) in [5, 5.41) is 4.75. The minimum Gasteiger partial charge on any atom is -0.493 e. The van der Waals surface area contributed by atoms with Gasteiger partial charge in [-0.25, -0.2) is 0 Å². The first-order chi connectivity index (χ1) is 16.9. The minimum atomic E-state index is -0.498. The molecule has 7 nitrogen and oxygen atoms in total. The summed E-state index contributed by atoms with van der Waals surface area (Å²) in [6.45, 7) is 2.16. The predicted molar refractivity (Wildman–Crippen MR) is 135 cm³/mol. The molecule has 0 saturated carbocycles. The molecule has 3 aromatic rings. The molecule has 184 valence electrons. The Kier molecular flexibility index (Phi) is 8.08. The Morgan fingerprint density at radius 3 is 2.71 bits per heavy atom. The van der Waals surface area contributed by atoms with Gasteiger partial charge in [0.15, 0.2) is 0 Å². The molecule has 2 amide bonds. The van der Waals surface area contributed by atoms with Crippen LogP contribution in [-0.2, 0) is 22.7 Å². The second-order valence-corrected chi connectivity index (χ2v) is 9.72. The summed E-state index contributed by atoms with van der Waals surface area (Å²) < 4.78 is 7.78. The first-order valence-corrected chi connectivity index (χ1v) is 12.2. The van der Waals surface area contributed by atoms with Gasteiger partial charge in [0.2, 0.25) is 11.8 Å². The van der Waals surface area contributed by atoms with Gasteiger partial charge in [0.05, 0.1) is 6.61 Å². The number of likely N-dealkylation sites (tertiary alicyclic amines) is 1. The molecule has 0 spiro atoms. The fraction of sp³-hybridized carbons (Fsp3) is 0.370. The molecule has 0 N–H and O–H groups in total. The average molecular weight is 495 g/mol. The molecule has 1 aliphatic rings. The van der Waals surface area contributed by atoms with Gasteiger partial charge in [-0.05, 0) is 42.7 Å². The van der Waals surface area contributed by atoms with Crippen LogP contribution in [0.5, 0.6) is 5.75 Å². The van der Waals surface area contributed by atoms with E-state index >= 15 is 0 Å². The van der Waals surface area contributed by atoms with Gasteiger partial charge in [-0.2, -0.15) is 5.10 Å². The highest BCUT2D eigenvalue weighted by atomic mass is 35.5. The van der Waals surface area contributed by atoms with Crippen molar-refractivity contribution in [1.29, 1.82) is 0 Å². The first-order valence-electron chi connectivity index (χ1n) is 11.8. The Bertz CT molecular complexity index is 1120. The molecule has 0 aliphatic carbocycles. The van der Waals surface area contributed by atoms with Crippen LogP contribution in [0.1, 0.15) is 24.8 Å². The number of aromatic nitrogens is 2. The molecule has 4 rings (SSSR count).